The molecule has 0 spiro atoms. The first-order valence-electron chi connectivity index (χ1n) is 4.20. The second-order valence-corrected chi connectivity index (χ2v) is 4.34. The second-order valence-electron chi connectivity index (χ2n) is 2.90. The minimum Gasteiger partial charge on any atom is -0.285 e. The van der Waals surface area contributed by atoms with Crippen molar-refractivity contribution >= 4 is 23.4 Å². The molecule has 2 nitrogen and oxygen atoms in total. The van der Waals surface area contributed by atoms with E-state index in [0.717, 1.165) is 14.9 Å². The van der Waals surface area contributed by atoms with Gasteiger partial charge >= 0.3 is 0 Å². The Kier molecular flexibility index (Phi) is 2.79. The van der Waals surface area contributed by atoms with Gasteiger partial charge in [-0.2, -0.15) is 5.10 Å². The van der Waals surface area contributed by atoms with Gasteiger partial charge in [-0.1, -0.05) is 35.5 Å². The first-order chi connectivity index (χ1) is 6.77. The smallest absolute Gasteiger partial charge is 0.123 e. The van der Waals surface area contributed by atoms with Gasteiger partial charge in [0.25, 0.3) is 0 Å². The van der Waals surface area contributed by atoms with E-state index < -0.39 is 0 Å². The number of nitrogens with one attached hydrogen (secondary N) is 1. The molecule has 0 saturated carbocycles. The van der Waals surface area contributed by atoms with E-state index in [1.54, 1.807) is 18.0 Å². The molecular weight excluding hydrogens is 216 g/mol. The monoisotopic (exact) mass is 224 g/mol. The first kappa shape index (κ1) is 9.62. The van der Waals surface area contributed by atoms with Crippen LogP contribution in [0.1, 0.15) is 5.56 Å². The summed E-state index contributed by atoms with van der Waals surface area (Å²) in [4.78, 5) is 1.07. The van der Waals surface area contributed by atoms with Crippen LogP contribution in [0, 0.1) is 6.92 Å². The number of aromatic amines is 1. The molecule has 2 rings (SSSR count). The van der Waals surface area contributed by atoms with Crippen LogP contribution in [0.4, 0.5) is 0 Å². The van der Waals surface area contributed by atoms with Crippen molar-refractivity contribution in [1.29, 1.82) is 0 Å². The molecule has 1 aromatic heterocycles. The molecule has 0 aliphatic heterocycles. The Bertz CT molecular complexity index is 405. The molecule has 0 atom stereocenters. The Morgan fingerprint density at radius 1 is 1.36 bits per heavy atom. The zero-order valence-electron chi connectivity index (χ0n) is 7.62. The van der Waals surface area contributed by atoms with Gasteiger partial charge in [0.15, 0.2) is 0 Å². The average Bonchev–Trinajstić information content (AvgIpc) is 2.64. The van der Waals surface area contributed by atoms with Gasteiger partial charge in [-0.05, 0) is 24.6 Å². The molecule has 14 heavy (non-hydrogen) atoms. The average molecular weight is 225 g/mol. The normalized spacial score (nSPS) is 10.4. The Morgan fingerprint density at radius 3 is 2.86 bits per heavy atom. The number of aromatic nitrogens is 2. The zero-order chi connectivity index (χ0) is 9.97. The molecule has 1 heterocycles. The van der Waals surface area contributed by atoms with Gasteiger partial charge in [0.1, 0.15) is 5.03 Å². The van der Waals surface area contributed by atoms with Crippen molar-refractivity contribution in [1.82, 2.24) is 10.2 Å². The van der Waals surface area contributed by atoms with Gasteiger partial charge in [0.05, 0.1) is 5.02 Å². The van der Waals surface area contributed by atoms with Crippen molar-refractivity contribution < 1.29 is 0 Å². The minimum atomic E-state index is 0.776. The van der Waals surface area contributed by atoms with Crippen molar-refractivity contribution in [3.63, 3.8) is 0 Å². The third kappa shape index (κ3) is 1.94. The van der Waals surface area contributed by atoms with Crippen LogP contribution in [-0.4, -0.2) is 10.2 Å². The van der Waals surface area contributed by atoms with Crippen LogP contribution in [-0.2, 0) is 0 Å². The molecule has 0 aliphatic rings. The Labute approximate surface area is 91.7 Å². The number of halogens is 1. The predicted octanol–water partition coefficient (Wildman–Crippen LogP) is 3.52. The maximum absolute atomic E-state index is 6.09. The molecular formula is C10H9ClN2S. The SMILES string of the molecule is Cc1cccc(Cl)c1Sc1cc[nH]n1. The highest BCUT2D eigenvalue weighted by Crippen LogP contribution is 2.34. The highest BCUT2D eigenvalue weighted by Gasteiger charge is 2.06. The lowest BCUT2D eigenvalue weighted by Crippen LogP contribution is -1.81. The number of hydrogen-bond donors (Lipinski definition) is 1. The van der Waals surface area contributed by atoms with E-state index in [9.17, 15) is 0 Å². The van der Waals surface area contributed by atoms with Crippen molar-refractivity contribution in [2.24, 2.45) is 0 Å². The van der Waals surface area contributed by atoms with E-state index in [4.69, 9.17) is 11.6 Å². The maximum atomic E-state index is 6.09. The molecule has 1 N–H and O–H groups in total. The van der Waals surface area contributed by atoms with Gasteiger partial charge < -0.3 is 0 Å². The number of benzene rings is 1. The molecule has 0 bridgehead atoms. The summed E-state index contributed by atoms with van der Waals surface area (Å²) in [5.41, 5.74) is 1.17. The quantitative estimate of drug-likeness (QED) is 0.846. The van der Waals surface area contributed by atoms with E-state index >= 15 is 0 Å². The van der Waals surface area contributed by atoms with E-state index in [1.807, 2.05) is 31.2 Å². The lowest BCUT2D eigenvalue weighted by atomic mass is 10.2. The van der Waals surface area contributed by atoms with E-state index in [-0.39, 0.29) is 0 Å². The summed E-state index contributed by atoms with van der Waals surface area (Å²) in [6.45, 7) is 2.04. The third-order valence-corrected chi connectivity index (χ3v) is 3.46. The van der Waals surface area contributed by atoms with Crippen LogP contribution in [0.15, 0.2) is 40.4 Å². The molecule has 0 radical (unpaired) electrons. The summed E-state index contributed by atoms with van der Waals surface area (Å²) >= 11 is 7.66. The number of nitrogens with zero attached hydrogens (tertiary/aromatic N) is 1. The fraction of sp³-hybridized carbons (Fsp3) is 0.100. The van der Waals surface area contributed by atoms with Crippen LogP contribution in [0.25, 0.3) is 0 Å². The standard InChI is InChI=1S/C10H9ClN2S/c1-7-3-2-4-8(11)10(7)14-9-5-6-12-13-9/h2-6H,1H3,(H,12,13). The molecule has 0 unspecified atom stereocenters. The lowest BCUT2D eigenvalue weighted by molar-refractivity contribution is 1.00. The molecule has 0 aliphatic carbocycles. The molecule has 0 amide bonds. The Balaban J connectivity index is 2.33. The van der Waals surface area contributed by atoms with Crippen molar-refractivity contribution in [3.05, 3.63) is 41.0 Å². The molecule has 0 fully saturated rings. The zero-order valence-corrected chi connectivity index (χ0v) is 9.19. The topological polar surface area (TPSA) is 28.7 Å². The van der Waals surface area contributed by atoms with Crippen LogP contribution in [0.2, 0.25) is 5.02 Å². The summed E-state index contributed by atoms with van der Waals surface area (Å²) in [6, 6.07) is 7.81. The Morgan fingerprint density at radius 2 is 2.21 bits per heavy atom. The van der Waals surface area contributed by atoms with Gasteiger partial charge in [-0.15, -0.1) is 0 Å². The van der Waals surface area contributed by atoms with Crippen molar-refractivity contribution in [3.8, 4) is 0 Å². The van der Waals surface area contributed by atoms with Crippen LogP contribution in [0.5, 0.6) is 0 Å². The third-order valence-electron chi connectivity index (χ3n) is 1.85. The van der Waals surface area contributed by atoms with Gasteiger partial charge in [0.2, 0.25) is 0 Å². The molecule has 2 aromatic rings. The molecule has 1 aromatic carbocycles. The summed E-state index contributed by atoms with van der Waals surface area (Å²) in [7, 11) is 0. The number of hydrogen-bond acceptors (Lipinski definition) is 2. The lowest BCUT2D eigenvalue weighted by Gasteiger charge is -2.04. The van der Waals surface area contributed by atoms with Crippen molar-refractivity contribution in [2.75, 3.05) is 0 Å². The molecule has 72 valence electrons. The Hall–Kier alpha value is -0.930. The van der Waals surface area contributed by atoms with E-state index in [2.05, 4.69) is 10.2 Å². The van der Waals surface area contributed by atoms with Crippen LogP contribution in [0.3, 0.4) is 0 Å². The highest BCUT2D eigenvalue weighted by atomic mass is 35.5. The van der Waals surface area contributed by atoms with Gasteiger partial charge in [0, 0.05) is 11.1 Å². The first-order valence-corrected chi connectivity index (χ1v) is 5.39. The van der Waals surface area contributed by atoms with E-state index in [1.165, 1.54) is 5.56 Å². The van der Waals surface area contributed by atoms with E-state index in [0.29, 0.717) is 0 Å². The highest BCUT2D eigenvalue weighted by molar-refractivity contribution is 7.99. The molecule has 4 heteroatoms. The second kappa shape index (κ2) is 4.07. The fourth-order valence-corrected chi connectivity index (χ4v) is 2.33. The predicted molar refractivity (Wildman–Crippen MR) is 58.9 cm³/mol. The summed E-state index contributed by atoms with van der Waals surface area (Å²) < 4.78 is 0. The number of aryl methyl sites for hydroxylation is 1. The number of H-pyrrole nitrogens is 1. The number of rotatable bonds is 2. The summed E-state index contributed by atoms with van der Waals surface area (Å²) in [6.07, 6.45) is 1.80. The fourth-order valence-electron chi connectivity index (χ4n) is 1.15. The maximum Gasteiger partial charge on any atom is 0.123 e. The van der Waals surface area contributed by atoms with Crippen LogP contribution >= 0.6 is 23.4 Å². The van der Waals surface area contributed by atoms with Crippen molar-refractivity contribution in [2.45, 2.75) is 16.8 Å². The minimum absolute atomic E-state index is 0.776. The summed E-state index contributed by atoms with van der Waals surface area (Å²) in [5.74, 6) is 0. The van der Waals surface area contributed by atoms with Gasteiger partial charge in [-0.3, -0.25) is 5.10 Å². The summed E-state index contributed by atoms with van der Waals surface area (Å²) in [5, 5.41) is 8.56. The largest absolute Gasteiger partial charge is 0.285 e. The van der Waals surface area contributed by atoms with Gasteiger partial charge in [-0.25, -0.2) is 0 Å². The molecule has 0 saturated heterocycles. The van der Waals surface area contributed by atoms with Crippen LogP contribution < -0.4 is 0 Å².